The summed E-state index contributed by atoms with van der Waals surface area (Å²) in [7, 11) is 0. The van der Waals surface area contributed by atoms with Crippen molar-refractivity contribution in [1.29, 1.82) is 0 Å². The van der Waals surface area contributed by atoms with Crippen LogP contribution < -0.4 is 10.2 Å². The summed E-state index contributed by atoms with van der Waals surface area (Å²) in [6.45, 7) is 2.27. The Morgan fingerprint density at radius 2 is 1.92 bits per heavy atom. The van der Waals surface area contributed by atoms with Crippen LogP contribution in [0.1, 0.15) is 11.1 Å². The largest absolute Gasteiger partial charge is 0.484 e. The Hall–Kier alpha value is -2.80. The van der Waals surface area contributed by atoms with Gasteiger partial charge >= 0.3 is 0 Å². The highest BCUT2D eigenvalue weighted by atomic mass is 32.2. The average Bonchev–Trinajstić information content (AvgIpc) is 3.00. The van der Waals surface area contributed by atoms with E-state index in [9.17, 15) is 9.59 Å². The van der Waals surface area contributed by atoms with Crippen molar-refractivity contribution in [2.24, 2.45) is 5.10 Å². The molecule has 1 aliphatic heterocycles. The number of rotatable bonds is 6. The molecule has 0 atom stereocenters. The van der Waals surface area contributed by atoms with Gasteiger partial charge in [-0.1, -0.05) is 59.8 Å². The Morgan fingerprint density at radius 1 is 1.19 bits per heavy atom. The second-order valence-electron chi connectivity index (χ2n) is 5.79. The van der Waals surface area contributed by atoms with Crippen LogP contribution in [0, 0.1) is 6.92 Å². The number of nitrogens with zero attached hydrogens (tertiary/aromatic N) is 2. The molecule has 2 aromatic carbocycles. The van der Waals surface area contributed by atoms with Crippen molar-refractivity contribution in [1.82, 2.24) is 10.3 Å². The maximum absolute atomic E-state index is 12.1. The van der Waals surface area contributed by atoms with E-state index >= 15 is 0 Å². The van der Waals surface area contributed by atoms with Crippen LogP contribution in [0.2, 0.25) is 0 Å². The lowest BCUT2D eigenvalue weighted by molar-refractivity contribution is -0.125. The van der Waals surface area contributed by atoms with Crippen LogP contribution in [0.15, 0.2) is 59.7 Å². The van der Waals surface area contributed by atoms with E-state index in [4.69, 9.17) is 4.74 Å². The van der Waals surface area contributed by atoms with E-state index in [0.29, 0.717) is 23.2 Å². The van der Waals surface area contributed by atoms with Crippen LogP contribution >= 0.6 is 11.8 Å². The molecule has 6 nitrogen and oxygen atoms in total. The molecule has 7 heteroatoms. The molecule has 0 bridgehead atoms. The van der Waals surface area contributed by atoms with Gasteiger partial charge in [0.15, 0.2) is 11.8 Å². The summed E-state index contributed by atoms with van der Waals surface area (Å²) in [6, 6.07) is 17.1. The number of hydrazone groups is 1. The van der Waals surface area contributed by atoms with E-state index in [1.807, 2.05) is 61.5 Å². The predicted molar refractivity (Wildman–Crippen MR) is 102 cm³/mol. The average molecular weight is 369 g/mol. The summed E-state index contributed by atoms with van der Waals surface area (Å²) in [5, 5.41) is 4.57. The van der Waals surface area contributed by atoms with Gasteiger partial charge in [-0.25, -0.2) is 5.43 Å². The Bertz CT molecular complexity index is 807. The van der Waals surface area contributed by atoms with Gasteiger partial charge in [-0.05, 0) is 24.6 Å². The number of nitrogens with one attached hydrogen (secondary N) is 1. The number of amidine groups is 1. The highest BCUT2D eigenvalue weighted by Gasteiger charge is 2.28. The molecule has 0 radical (unpaired) electrons. The van der Waals surface area contributed by atoms with Crippen molar-refractivity contribution in [2.45, 2.75) is 13.5 Å². The lowest BCUT2D eigenvalue weighted by Gasteiger charge is -2.15. The first-order valence-electron chi connectivity index (χ1n) is 8.15. The molecule has 1 aliphatic rings. The van der Waals surface area contributed by atoms with E-state index < -0.39 is 0 Å². The molecule has 0 aromatic heterocycles. The molecule has 1 fully saturated rings. The SMILES string of the molecule is Cc1ccc(OCC(=O)N/N=C2\SCC(=O)N2Cc2ccccc2)cc1. The number of benzene rings is 2. The van der Waals surface area contributed by atoms with E-state index in [2.05, 4.69) is 10.5 Å². The molecule has 0 saturated carbocycles. The number of hydrogen-bond donors (Lipinski definition) is 1. The molecule has 0 spiro atoms. The zero-order valence-electron chi connectivity index (χ0n) is 14.3. The molecular formula is C19H19N3O3S. The van der Waals surface area contributed by atoms with Crippen LogP contribution in [0.5, 0.6) is 5.75 Å². The molecule has 0 aliphatic carbocycles. The molecule has 1 saturated heterocycles. The number of carbonyl (C=O) groups excluding carboxylic acids is 2. The monoisotopic (exact) mass is 369 g/mol. The van der Waals surface area contributed by atoms with Gasteiger partial charge in [0.2, 0.25) is 5.91 Å². The summed E-state index contributed by atoms with van der Waals surface area (Å²) in [4.78, 5) is 25.6. The van der Waals surface area contributed by atoms with Gasteiger partial charge in [0.05, 0.1) is 12.3 Å². The third kappa shape index (κ3) is 4.86. The van der Waals surface area contributed by atoms with Crippen molar-refractivity contribution in [2.75, 3.05) is 12.4 Å². The lowest BCUT2D eigenvalue weighted by Crippen LogP contribution is -2.32. The Kier molecular flexibility index (Phi) is 5.91. The van der Waals surface area contributed by atoms with Crippen molar-refractivity contribution in [3.63, 3.8) is 0 Å². The zero-order valence-corrected chi connectivity index (χ0v) is 15.2. The quantitative estimate of drug-likeness (QED) is 0.795. The van der Waals surface area contributed by atoms with E-state index in [1.54, 1.807) is 4.90 Å². The molecule has 1 N–H and O–H groups in total. The molecule has 134 valence electrons. The maximum atomic E-state index is 12.1. The van der Waals surface area contributed by atoms with E-state index in [1.165, 1.54) is 11.8 Å². The molecule has 0 unspecified atom stereocenters. The highest BCUT2D eigenvalue weighted by Crippen LogP contribution is 2.21. The van der Waals surface area contributed by atoms with E-state index in [-0.39, 0.29) is 18.4 Å². The number of aryl methyl sites for hydroxylation is 1. The second kappa shape index (κ2) is 8.53. The normalized spacial score (nSPS) is 15.3. The minimum Gasteiger partial charge on any atom is -0.484 e. The maximum Gasteiger partial charge on any atom is 0.278 e. The first-order valence-corrected chi connectivity index (χ1v) is 9.13. The molecule has 1 heterocycles. The van der Waals surface area contributed by atoms with Crippen LogP contribution in [0.3, 0.4) is 0 Å². The number of hydrogen-bond acceptors (Lipinski definition) is 5. The molecule has 26 heavy (non-hydrogen) atoms. The summed E-state index contributed by atoms with van der Waals surface area (Å²) >= 11 is 1.31. The zero-order chi connectivity index (χ0) is 18.4. The Balaban J connectivity index is 1.55. The fourth-order valence-electron chi connectivity index (χ4n) is 2.33. The molecule has 3 rings (SSSR count). The Labute approximate surface area is 156 Å². The summed E-state index contributed by atoms with van der Waals surface area (Å²) in [5.41, 5.74) is 4.58. The van der Waals surface area contributed by atoms with Crippen molar-refractivity contribution >= 4 is 28.7 Å². The van der Waals surface area contributed by atoms with Gasteiger partial charge in [-0.2, -0.15) is 0 Å². The van der Waals surface area contributed by atoms with Gasteiger partial charge in [-0.15, -0.1) is 5.10 Å². The van der Waals surface area contributed by atoms with Crippen LogP contribution in [0.25, 0.3) is 0 Å². The lowest BCUT2D eigenvalue weighted by atomic mass is 10.2. The summed E-state index contributed by atoms with van der Waals surface area (Å²) in [6.07, 6.45) is 0. The number of amides is 2. The fourth-order valence-corrected chi connectivity index (χ4v) is 3.17. The minimum atomic E-state index is -0.377. The highest BCUT2D eigenvalue weighted by molar-refractivity contribution is 8.15. The molecule has 2 amide bonds. The first kappa shape index (κ1) is 18.0. The number of carbonyl (C=O) groups is 2. The van der Waals surface area contributed by atoms with Crippen molar-refractivity contribution in [3.8, 4) is 5.75 Å². The second-order valence-corrected chi connectivity index (χ2v) is 6.73. The smallest absolute Gasteiger partial charge is 0.278 e. The Morgan fingerprint density at radius 3 is 2.65 bits per heavy atom. The van der Waals surface area contributed by atoms with E-state index in [0.717, 1.165) is 11.1 Å². The van der Waals surface area contributed by atoms with Gasteiger partial charge < -0.3 is 4.74 Å². The fraction of sp³-hybridized carbons (Fsp3) is 0.211. The topological polar surface area (TPSA) is 71.0 Å². The van der Waals surface area contributed by atoms with Crippen LogP contribution in [0.4, 0.5) is 0 Å². The third-order valence-electron chi connectivity index (χ3n) is 3.71. The first-order chi connectivity index (χ1) is 12.6. The molecular weight excluding hydrogens is 350 g/mol. The van der Waals surface area contributed by atoms with Crippen LogP contribution in [-0.2, 0) is 16.1 Å². The number of thioether (sulfide) groups is 1. The third-order valence-corrected chi connectivity index (χ3v) is 4.67. The number of ether oxygens (including phenoxy) is 1. The van der Waals surface area contributed by atoms with Gasteiger partial charge in [0.25, 0.3) is 5.91 Å². The van der Waals surface area contributed by atoms with Gasteiger partial charge in [0.1, 0.15) is 5.75 Å². The van der Waals surface area contributed by atoms with Crippen molar-refractivity contribution in [3.05, 3.63) is 65.7 Å². The van der Waals surface area contributed by atoms with Gasteiger partial charge in [0, 0.05) is 0 Å². The molecule has 2 aromatic rings. The summed E-state index contributed by atoms with van der Waals surface area (Å²) in [5.74, 6) is 0.538. The van der Waals surface area contributed by atoms with Crippen molar-refractivity contribution < 1.29 is 14.3 Å². The minimum absolute atomic E-state index is 0.0252. The van der Waals surface area contributed by atoms with Crippen LogP contribution in [-0.4, -0.2) is 34.2 Å². The van der Waals surface area contributed by atoms with Gasteiger partial charge in [-0.3, -0.25) is 14.5 Å². The summed E-state index contributed by atoms with van der Waals surface area (Å²) < 4.78 is 5.41. The standard InChI is InChI=1S/C19H19N3O3S/c1-14-7-9-16(10-8-14)25-12-17(23)20-21-19-22(18(24)13-26-19)11-15-5-3-2-4-6-15/h2-10H,11-13H2,1H3,(H,20,23)/b21-19-. The predicted octanol–water partition coefficient (Wildman–Crippen LogP) is 2.54.